The number of aromatic nitrogens is 3. The molecule has 2 aromatic heterocycles. The van der Waals surface area contributed by atoms with Crippen LogP contribution in [0.5, 0.6) is 5.75 Å². The second-order valence-electron chi connectivity index (χ2n) is 7.64. The Kier molecular flexibility index (Phi) is 4.65. The van der Waals surface area contributed by atoms with Gasteiger partial charge in [0.2, 0.25) is 0 Å². The van der Waals surface area contributed by atoms with Crippen LogP contribution >= 0.6 is 11.6 Å². The Labute approximate surface area is 168 Å². The molecular formula is C23H22ClN3O. The Bertz CT molecular complexity index is 1110. The molecule has 0 spiro atoms. The van der Waals surface area contributed by atoms with E-state index in [0.717, 1.165) is 70.6 Å². The summed E-state index contributed by atoms with van der Waals surface area (Å²) in [5.74, 6) is 2.65. The van der Waals surface area contributed by atoms with E-state index in [2.05, 4.69) is 16.0 Å². The molecule has 4 aromatic rings. The number of aromatic amines is 1. The zero-order valence-electron chi connectivity index (χ0n) is 15.6. The molecule has 0 aliphatic heterocycles. The Hall–Kier alpha value is -2.59. The molecule has 5 heteroatoms. The fraction of sp³-hybridized carbons (Fsp3) is 0.304. The third-order valence-electron chi connectivity index (χ3n) is 5.67. The highest BCUT2D eigenvalue weighted by atomic mass is 35.5. The quantitative estimate of drug-likeness (QED) is 0.468. The molecule has 0 unspecified atom stereocenters. The number of hydrogen-bond acceptors (Lipinski definition) is 3. The van der Waals surface area contributed by atoms with Gasteiger partial charge in [0.05, 0.1) is 22.7 Å². The lowest BCUT2D eigenvalue weighted by atomic mass is 9.85. The van der Waals surface area contributed by atoms with Crippen molar-refractivity contribution in [2.24, 2.45) is 5.92 Å². The molecule has 0 bridgehead atoms. The Balaban J connectivity index is 1.22. The Morgan fingerprint density at radius 2 is 1.86 bits per heavy atom. The van der Waals surface area contributed by atoms with Crippen LogP contribution in [0.15, 0.2) is 54.7 Å². The van der Waals surface area contributed by atoms with Gasteiger partial charge in [-0.15, -0.1) is 0 Å². The maximum Gasteiger partial charge on any atom is 0.130 e. The molecule has 0 amide bonds. The van der Waals surface area contributed by atoms with Crippen LogP contribution in [0.4, 0.5) is 0 Å². The Morgan fingerprint density at radius 3 is 2.75 bits per heavy atom. The van der Waals surface area contributed by atoms with Crippen LogP contribution in [0.2, 0.25) is 5.02 Å². The molecule has 0 saturated heterocycles. The number of benzene rings is 2. The lowest BCUT2D eigenvalue weighted by Crippen LogP contribution is -2.25. The second-order valence-corrected chi connectivity index (χ2v) is 8.07. The van der Waals surface area contributed by atoms with Gasteiger partial charge in [-0.2, -0.15) is 0 Å². The maximum absolute atomic E-state index is 6.35. The van der Waals surface area contributed by atoms with Crippen molar-refractivity contribution in [2.45, 2.75) is 38.2 Å². The molecule has 0 atom stereocenters. The number of nitrogens with zero attached hydrogens (tertiary/aromatic N) is 2. The zero-order valence-corrected chi connectivity index (χ0v) is 16.3. The lowest BCUT2D eigenvalue weighted by molar-refractivity contribution is 0.132. The number of hydrogen-bond donors (Lipinski definition) is 1. The van der Waals surface area contributed by atoms with Crippen LogP contribution in [-0.4, -0.2) is 21.1 Å². The third kappa shape index (κ3) is 3.57. The molecule has 1 saturated carbocycles. The van der Waals surface area contributed by atoms with Gasteiger partial charge < -0.3 is 9.72 Å². The molecule has 1 aliphatic rings. The smallest absolute Gasteiger partial charge is 0.130 e. The largest absolute Gasteiger partial charge is 0.490 e. The molecule has 142 valence electrons. The number of nitrogens with one attached hydrogen (secondary N) is 1. The second kappa shape index (κ2) is 7.44. The summed E-state index contributed by atoms with van der Waals surface area (Å²) in [7, 11) is 0. The van der Waals surface area contributed by atoms with Crippen molar-refractivity contribution in [2.75, 3.05) is 0 Å². The number of halogens is 1. The number of pyridine rings is 1. The first-order chi connectivity index (χ1) is 13.7. The molecule has 2 aromatic carbocycles. The summed E-state index contributed by atoms with van der Waals surface area (Å²) < 4.78 is 6.35. The van der Waals surface area contributed by atoms with Crippen molar-refractivity contribution in [1.29, 1.82) is 0 Å². The predicted octanol–water partition coefficient (Wildman–Crippen LogP) is 5.94. The van der Waals surface area contributed by atoms with Gasteiger partial charge in [0.25, 0.3) is 0 Å². The fourth-order valence-corrected chi connectivity index (χ4v) is 4.38. The van der Waals surface area contributed by atoms with Gasteiger partial charge in [0, 0.05) is 23.0 Å². The van der Waals surface area contributed by atoms with E-state index >= 15 is 0 Å². The summed E-state index contributed by atoms with van der Waals surface area (Å²) >= 11 is 6.07. The molecule has 4 nitrogen and oxygen atoms in total. The molecule has 2 heterocycles. The summed E-state index contributed by atoms with van der Waals surface area (Å²) in [6.07, 6.45) is 7.56. The van der Waals surface area contributed by atoms with Crippen molar-refractivity contribution >= 4 is 33.5 Å². The minimum Gasteiger partial charge on any atom is -0.490 e. The standard InChI is InChI=1S/C23H22ClN3O/c24-16-7-10-20-21(14-16)27-23(26-20)13-15-5-8-17(9-6-15)28-22-11-12-25-19-4-2-1-3-18(19)22/h1-4,7,10-12,14-15,17H,5-6,8-9,13H2,(H,26,27)/t15-,17-. The molecule has 0 radical (unpaired) electrons. The first-order valence-electron chi connectivity index (χ1n) is 9.89. The highest BCUT2D eigenvalue weighted by Gasteiger charge is 2.24. The SMILES string of the molecule is Clc1ccc2nc(C[C@H]3CC[C@H](Oc4ccnc5ccccc45)CC3)[nH]c2c1. The van der Waals surface area contributed by atoms with Crippen LogP contribution in [-0.2, 0) is 6.42 Å². The summed E-state index contributed by atoms with van der Waals surface area (Å²) in [5.41, 5.74) is 2.99. The van der Waals surface area contributed by atoms with E-state index in [1.54, 1.807) is 0 Å². The number of ether oxygens (including phenoxy) is 1. The highest BCUT2D eigenvalue weighted by molar-refractivity contribution is 6.31. The van der Waals surface area contributed by atoms with Gasteiger partial charge in [-0.1, -0.05) is 23.7 Å². The number of rotatable bonds is 4. The first kappa shape index (κ1) is 17.5. The Morgan fingerprint density at radius 1 is 1.00 bits per heavy atom. The summed E-state index contributed by atoms with van der Waals surface area (Å²) in [5, 5.41) is 1.83. The number of fused-ring (bicyclic) bond motifs is 2. The van der Waals surface area contributed by atoms with Gasteiger partial charge in [0.15, 0.2) is 0 Å². The average molecular weight is 392 g/mol. The van der Waals surface area contributed by atoms with Crippen molar-refractivity contribution in [3.63, 3.8) is 0 Å². The minimum absolute atomic E-state index is 0.275. The van der Waals surface area contributed by atoms with E-state index in [9.17, 15) is 0 Å². The molecule has 5 rings (SSSR count). The van der Waals surface area contributed by atoms with Gasteiger partial charge >= 0.3 is 0 Å². The van der Waals surface area contributed by atoms with E-state index in [0.29, 0.717) is 5.92 Å². The monoisotopic (exact) mass is 391 g/mol. The molecular weight excluding hydrogens is 370 g/mol. The first-order valence-corrected chi connectivity index (χ1v) is 10.3. The van der Waals surface area contributed by atoms with E-state index in [4.69, 9.17) is 21.3 Å². The van der Waals surface area contributed by atoms with E-state index in [1.807, 2.05) is 48.7 Å². The van der Waals surface area contributed by atoms with Crippen LogP contribution in [0.3, 0.4) is 0 Å². The minimum atomic E-state index is 0.275. The number of para-hydroxylation sites is 1. The number of imidazole rings is 1. The van der Waals surface area contributed by atoms with E-state index < -0.39 is 0 Å². The van der Waals surface area contributed by atoms with Crippen LogP contribution in [0.25, 0.3) is 21.9 Å². The lowest BCUT2D eigenvalue weighted by Gasteiger charge is -2.29. The summed E-state index contributed by atoms with van der Waals surface area (Å²) in [4.78, 5) is 12.6. The van der Waals surface area contributed by atoms with E-state index in [1.165, 1.54) is 0 Å². The van der Waals surface area contributed by atoms with Crippen molar-refractivity contribution in [3.05, 3.63) is 65.6 Å². The predicted molar refractivity (Wildman–Crippen MR) is 113 cm³/mol. The highest BCUT2D eigenvalue weighted by Crippen LogP contribution is 2.32. The normalized spacial score (nSPS) is 19.9. The topological polar surface area (TPSA) is 50.8 Å². The van der Waals surface area contributed by atoms with E-state index in [-0.39, 0.29) is 6.10 Å². The maximum atomic E-state index is 6.35. The van der Waals surface area contributed by atoms with Crippen molar-refractivity contribution in [3.8, 4) is 5.75 Å². The molecule has 1 N–H and O–H groups in total. The van der Waals surface area contributed by atoms with Crippen molar-refractivity contribution < 1.29 is 4.74 Å². The summed E-state index contributed by atoms with van der Waals surface area (Å²) in [6.45, 7) is 0. The third-order valence-corrected chi connectivity index (χ3v) is 5.91. The number of H-pyrrole nitrogens is 1. The summed E-state index contributed by atoms with van der Waals surface area (Å²) in [6, 6.07) is 15.9. The van der Waals surface area contributed by atoms with Gasteiger partial charge in [0.1, 0.15) is 11.6 Å². The van der Waals surface area contributed by atoms with Crippen LogP contribution < -0.4 is 4.74 Å². The van der Waals surface area contributed by atoms with Gasteiger partial charge in [-0.25, -0.2) is 4.98 Å². The molecule has 1 aliphatic carbocycles. The van der Waals surface area contributed by atoms with Crippen LogP contribution in [0, 0.1) is 5.92 Å². The average Bonchev–Trinajstić information content (AvgIpc) is 3.11. The molecule has 28 heavy (non-hydrogen) atoms. The van der Waals surface area contributed by atoms with Crippen LogP contribution in [0.1, 0.15) is 31.5 Å². The van der Waals surface area contributed by atoms with Gasteiger partial charge in [-0.3, -0.25) is 4.98 Å². The fourth-order valence-electron chi connectivity index (χ4n) is 4.21. The van der Waals surface area contributed by atoms with Crippen molar-refractivity contribution in [1.82, 2.24) is 15.0 Å². The van der Waals surface area contributed by atoms with Gasteiger partial charge in [-0.05, 0) is 68.0 Å². The zero-order chi connectivity index (χ0) is 18.9. The molecule has 1 fully saturated rings.